The predicted molar refractivity (Wildman–Crippen MR) is 102 cm³/mol. The number of pyridine rings is 1. The monoisotopic (exact) mass is 362 g/mol. The molecule has 1 atom stereocenters. The van der Waals surface area contributed by atoms with Gasteiger partial charge < -0.3 is 14.2 Å². The molecule has 1 aromatic carbocycles. The zero-order valence-corrected chi connectivity index (χ0v) is 15.1. The number of likely N-dealkylation sites (tertiary alicyclic amines) is 1. The van der Waals surface area contributed by atoms with Gasteiger partial charge in [-0.2, -0.15) is 0 Å². The number of piperidine rings is 1. The first-order chi connectivity index (χ1) is 13.3. The van der Waals surface area contributed by atoms with Crippen LogP contribution in [0, 0.1) is 0 Å². The number of imidazole rings is 1. The Bertz CT molecular complexity index is 863. The second-order valence-corrected chi connectivity index (χ2v) is 6.75. The SMILES string of the molecule is O=C(c1ccc(Cn2ccnc2)cc1)N1CCCC(Oc2ccncc2)C1. The van der Waals surface area contributed by atoms with Gasteiger partial charge in [-0.15, -0.1) is 0 Å². The molecule has 3 heterocycles. The lowest BCUT2D eigenvalue weighted by Gasteiger charge is -2.33. The van der Waals surface area contributed by atoms with Crippen LogP contribution < -0.4 is 4.74 Å². The van der Waals surface area contributed by atoms with Crippen molar-refractivity contribution in [2.24, 2.45) is 0 Å². The second-order valence-electron chi connectivity index (χ2n) is 6.75. The van der Waals surface area contributed by atoms with Gasteiger partial charge in [0.1, 0.15) is 11.9 Å². The van der Waals surface area contributed by atoms with E-state index in [9.17, 15) is 4.79 Å². The molecule has 0 radical (unpaired) electrons. The van der Waals surface area contributed by atoms with Gasteiger partial charge in [-0.05, 0) is 42.7 Å². The van der Waals surface area contributed by atoms with Crippen LogP contribution in [0.1, 0.15) is 28.8 Å². The number of hydrogen-bond donors (Lipinski definition) is 0. The lowest BCUT2D eigenvalue weighted by molar-refractivity contribution is 0.0537. The summed E-state index contributed by atoms with van der Waals surface area (Å²) in [6.07, 6.45) is 10.8. The Labute approximate surface area is 158 Å². The quantitative estimate of drug-likeness (QED) is 0.700. The first-order valence-electron chi connectivity index (χ1n) is 9.18. The summed E-state index contributed by atoms with van der Waals surface area (Å²) in [6, 6.07) is 11.5. The summed E-state index contributed by atoms with van der Waals surface area (Å²) in [5, 5.41) is 0. The first-order valence-corrected chi connectivity index (χ1v) is 9.18. The average molecular weight is 362 g/mol. The van der Waals surface area contributed by atoms with E-state index in [1.54, 1.807) is 24.9 Å². The van der Waals surface area contributed by atoms with Gasteiger partial charge in [-0.25, -0.2) is 4.98 Å². The van der Waals surface area contributed by atoms with Crippen LogP contribution in [0.5, 0.6) is 5.75 Å². The van der Waals surface area contributed by atoms with E-state index in [2.05, 4.69) is 9.97 Å². The van der Waals surface area contributed by atoms with Gasteiger partial charge in [0.15, 0.2) is 0 Å². The molecule has 6 nitrogen and oxygen atoms in total. The molecule has 1 saturated heterocycles. The number of amides is 1. The van der Waals surface area contributed by atoms with Crippen LogP contribution in [0.2, 0.25) is 0 Å². The number of carbonyl (C=O) groups excluding carboxylic acids is 1. The van der Waals surface area contributed by atoms with E-state index < -0.39 is 0 Å². The number of ether oxygens (including phenoxy) is 1. The van der Waals surface area contributed by atoms with E-state index in [1.807, 2.05) is 52.1 Å². The number of aromatic nitrogens is 3. The topological polar surface area (TPSA) is 60.2 Å². The highest BCUT2D eigenvalue weighted by molar-refractivity contribution is 5.94. The molecular formula is C21H22N4O2. The molecule has 0 spiro atoms. The molecule has 0 aliphatic carbocycles. The third-order valence-electron chi connectivity index (χ3n) is 4.74. The molecule has 0 bridgehead atoms. The molecule has 0 N–H and O–H groups in total. The molecule has 0 saturated carbocycles. The fourth-order valence-corrected chi connectivity index (χ4v) is 3.35. The van der Waals surface area contributed by atoms with Crippen LogP contribution in [0.3, 0.4) is 0 Å². The number of carbonyl (C=O) groups is 1. The van der Waals surface area contributed by atoms with Crippen LogP contribution in [-0.4, -0.2) is 44.5 Å². The number of rotatable bonds is 5. The van der Waals surface area contributed by atoms with Crippen molar-refractivity contribution in [3.8, 4) is 5.75 Å². The summed E-state index contributed by atoms with van der Waals surface area (Å²) in [5.41, 5.74) is 1.86. The number of benzene rings is 1. The molecule has 6 heteroatoms. The van der Waals surface area contributed by atoms with Crippen molar-refractivity contribution < 1.29 is 9.53 Å². The van der Waals surface area contributed by atoms with Gasteiger partial charge in [0.05, 0.1) is 12.9 Å². The Morgan fingerprint density at radius 1 is 1.07 bits per heavy atom. The standard InChI is InChI=1S/C21H22N4O2/c26-21(18-5-3-17(4-6-18)14-24-13-11-23-16-24)25-12-1-2-20(15-25)27-19-7-9-22-10-8-19/h3-11,13,16,20H,1-2,12,14-15H2. The van der Waals surface area contributed by atoms with Crippen molar-refractivity contribution in [2.45, 2.75) is 25.5 Å². The first kappa shape index (κ1) is 17.3. The normalized spacial score (nSPS) is 16.9. The Hall–Kier alpha value is -3.15. The van der Waals surface area contributed by atoms with E-state index >= 15 is 0 Å². The zero-order valence-electron chi connectivity index (χ0n) is 15.1. The van der Waals surface area contributed by atoms with Crippen LogP contribution in [-0.2, 0) is 6.54 Å². The van der Waals surface area contributed by atoms with Gasteiger partial charge in [0.25, 0.3) is 5.91 Å². The van der Waals surface area contributed by atoms with Crippen LogP contribution in [0.25, 0.3) is 0 Å². The molecule has 1 unspecified atom stereocenters. The molecule has 1 aliphatic rings. The van der Waals surface area contributed by atoms with Crippen LogP contribution >= 0.6 is 0 Å². The van der Waals surface area contributed by atoms with Crippen LogP contribution in [0.15, 0.2) is 67.5 Å². The van der Waals surface area contributed by atoms with Crippen molar-refractivity contribution in [1.82, 2.24) is 19.4 Å². The molecule has 4 rings (SSSR count). The maximum atomic E-state index is 12.9. The second kappa shape index (κ2) is 8.03. The van der Waals surface area contributed by atoms with Gasteiger partial charge in [0, 0.05) is 43.4 Å². The predicted octanol–water partition coefficient (Wildman–Crippen LogP) is 3.01. The fourth-order valence-electron chi connectivity index (χ4n) is 3.35. The number of nitrogens with zero attached hydrogens (tertiary/aromatic N) is 4. The van der Waals surface area contributed by atoms with Crippen molar-refractivity contribution >= 4 is 5.91 Å². The summed E-state index contributed by atoms with van der Waals surface area (Å²) in [7, 11) is 0. The maximum Gasteiger partial charge on any atom is 0.253 e. The highest BCUT2D eigenvalue weighted by Gasteiger charge is 2.25. The molecule has 1 aliphatic heterocycles. The van der Waals surface area contributed by atoms with E-state index in [1.165, 1.54) is 0 Å². The summed E-state index contributed by atoms with van der Waals surface area (Å²) < 4.78 is 8.01. The van der Waals surface area contributed by atoms with Gasteiger partial charge >= 0.3 is 0 Å². The van der Waals surface area contributed by atoms with Crippen molar-refractivity contribution in [3.05, 3.63) is 78.6 Å². The van der Waals surface area contributed by atoms with Gasteiger partial charge in [-0.1, -0.05) is 12.1 Å². The van der Waals surface area contributed by atoms with Gasteiger partial charge in [-0.3, -0.25) is 9.78 Å². The minimum atomic E-state index is 0.0191. The highest BCUT2D eigenvalue weighted by atomic mass is 16.5. The van der Waals surface area contributed by atoms with Crippen molar-refractivity contribution in [1.29, 1.82) is 0 Å². The van der Waals surface area contributed by atoms with Crippen molar-refractivity contribution in [3.63, 3.8) is 0 Å². The Kier molecular flexibility index (Phi) is 5.14. The summed E-state index contributed by atoms with van der Waals surface area (Å²) in [4.78, 5) is 22.8. The minimum Gasteiger partial charge on any atom is -0.488 e. The third kappa shape index (κ3) is 4.34. The maximum absolute atomic E-state index is 12.9. The van der Waals surface area contributed by atoms with Gasteiger partial charge in [0.2, 0.25) is 0 Å². The molecule has 138 valence electrons. The smallest absolute Gasteiger partial charge is 0.253 e. The molecule has 27 heavy (non-hydrogen) atoms. The highest BCUT2D eigenvalue weighted by Crippen LogP contribution is 2.19. The molecule has 3 aromatic rings. The summed E-state index contributed by atoms with van der Waals surface area (Å²) in [5.74, 6) is 0.861. The summed E-state index contributed by atoms with van der Waals surface area (Å²) in [6.45, 7) is 2.13. The largest absolute Gasteiger partial charge is 0.488 e. The Morgan fingerprint density at radius 3 is 2.63 bits per heavy atom. The Morgan fingerprint density at radius 2 is 1.89 bits per heavy atom. The molecule has 1 amide bonds. The number of hydrogen-bond acceptors (Lipinski definition) is 4. The summed E-state index contributed by atoms with van der Waals surface area (Å²) >= 11 is 0. The Balaban J connectivity index is 1.38. The van der Waals surface area contributed by atoms with E-state index in [-0.39, 0.29) is 12.0 Å². The lowest BCUT2D eigenvalue weighted by atomic mass is 10.1. The lowest BCUT2D eigenvalue weighted by Crippen LogP contribution is -2.44. The van der Waals surface area contributed by atoms with Crippen molar-refractivity contribution in [2.75, 3.05) is 13.1 Å². The molecule has 2 aromatic heterocycles. The van der Waals surface area contributed by atoms with Crippen LogP contribution in [0.4, 0.5) is 0 Å². The average Bonchev–Trinajstić information content (AvgIpc) is 3.22. The molecule has 1 fully saturated rings. The fraction of sp³-hybridized carbons (Fsp3) is 0.286. The third-order valence-corrected chi connectivity index (χ3v) is 4.74. The van der Waals surface area contributed by atoms with E-state index in [0.29, 0.717) is 12.1 Å². The zero-order chi connectivity index (χ0) is 18.5. The minimum absolute atomic E-state index is 0.0191. The van der Waals surface area contributed by atoms with E-state index in [0.717, 1.165) is 37.2 Å². The molecular weight excluding hydrogens is 340 g/mol. The van der Waals surface area contributed by atoms with E-state index in [4.69, 9.17) is 4.74 Å².